The highest BCUT2D eigenvalue weighted by Crippen LogP contribution is 2.29. The van der Waals surface area contributed by atoms with Crippen molar-refractivity contribution in [2.45, 2.75) is 12.7 Å². The van der Waals surface area contributed by atoms with E-state index in [0.29, 0.717) is 32.7 Å². The Hall–Kier alpha value is -2.74. The number of nitrogens with zero attached hydrogens (tertiary/aromatic N) is 2. The molecule has 0 radical (unpaired) electrons. The molecule has 0 aromatic heterocycles. The van der Waals surface area contributed by atoms with Gasteiger partial charge in [-0.05, 0) is 42.5 Å². The number of hydrogen-bond donors (Lipinski definition) is 0. The fourth-order valence-corrected chi connectivity index (χ4v) is 3.34. The molecule has 0 N–H and O–H groups in total. The number of alkyl halides is 3. The normalized spacial score (nSPS) is 15.3. The summed E-state index contributed by atoms with van der Waals surface area (Å²) in [5.41, 5.74) is 0.501. The van der Waals surface area contributed by atoms with Crippen LogP contribution in [0.4, 0.5) is 13.2 Å². The number of hydrogen-bond acceptors (Lipinski definition) is 4. The SMILES string of the molecule is COc1ccc(OC)c(CN2CCN(C(=O)c3ccc(C(F)(F)F)cc3)CC2)c1. The van der Waals surface area contributed by atoms with Gasteiger partial charge in [-0.1, -0.05) is 0 Å². The Bertz CT molecular complexity index is 845. The third-order valence-corrected chi connectivity index (χ3v) is 5.00. The van der Waals surface area contributed by atoms with E-state index >= 15 is 0 Å². The summed E-state index contributed by atoms with van der Waals surface area (Å²) in [4.78, 5) is 16.5. The van der Waals surface area contributed by atoms with E-state index in [0.717, 1.165) is 29.2 Å². The van der Waals surface area contributed by atoms with Gasteiger partial charge in [0.15, 0.2) is 0 Å². The second-order valence-corrected chi connectivity index (χ2v) is 6.82. The molecule has 156 valence electrons. The van der Waals surface area contributed by atoms with Crippen LogP contribution in [0.5, 0.6) is 11.5 Å². The number of halogens is 3. The summed E-state index contributed by atoms with van der Waals surface area (Å²) in [5.74, 6) is 1.27. The second kappa shape index (κ2) is 8.73. The van der Waals surface area contributed by atoms with E-state index < -0.39 is 11.7 Å². The van der Waals surface area contributed by atoms with Gasteiger partial charge in [0, 0.05) is 43.9 Å². The number of rotatable bonds is 5. The summed E-state index contributed by atoms with van der Waals surface area (Å²) in [5, 5.41) is 0. The number of carbonyl (C=O) groups is 1. The van der Waals surface area contributed by atoms with E-state index in [9.17, 15) is 18.0 Å². The average molecular weight is 408 g/mol. The Morgan fingerprint density at radius 1 is 0.966 bits per heavy atom. The van der Waals surface area contributed by atoms with Gasteiger partial charge in [-0.15, -0.1) is 0 Å². The summed E-state index contributed by atoms with van der Waals surface area (Å²) in [7, 11) is 3.23. The third-order valence-electron chi connectivity index (χ3n) is 5.00. The lowest BCUT2D eigenvalue weighted by molar-refractivity contribution is -0.137. The van der Waals surface area contributed by atoms with Crippen LogP contribution in [-0.4, -0.2) is 56.1 Å². The molecule has 0 unspecified atom stereocenters. The lowest BCUT2D eigenvalue weighted by Crippen LogP contribution is -2.48. The predicted octanol–water partition coefficient (Wildman–Crippen LogP) is 3.68. The molecule has 1 aliphatic rings. The highest BCUT2D eigenvalue weighted by atomic mass is 19.4. The fourth-order valence-electron chi connectivity index (χ4n) is 3.34. The van der Waals surface area contributed by atoms with Crippen LogP contribution < -0.4 is 9.47 Å². The molecular weight excluding hydrogens is 385 g/mol. The predicted molar refractivity (Wildman–Crippen MR) is 102 cm³/mol. The van der Waals surface area contributed by atoms with Gasteiger partial charge in [0.05, 0.1) is 19.8 Å². The van der Waals surface area contributed by atoms with Crippen molar-refractivity contribution in [3.05, 3.63) is 59.2 Å². The molecule has 2 aromatic carbocycles. The van der Waals surface area contributed by atoms with E-state index in [2.05, 4.69) is 4.90 Å². The molecule has 3 rings (SSSR count). The van der Waals surface area contributed by atoms with Crippen LogP contribution >= 0.6 is 0 Å². The molecule has 1 saturated heterocycles. The molecule has 1 fully saturated rings. The first kappa shape index (κ1) is 21.0. The standard InChI is InChI=1S/C21H23F3N2O3/c1-28-18-7-8-19(29-2)16(13-18)14-25-9-11-26(12-10-25)20(27)15-3-5-17(6-4-15)21(22,23)24/h3-8,13H,9-12,14H2,1-2H3. The first-order chi connectivity index (χ1) is 13.8. The zero-order chi connectivity index (χ0) is 21.0. The third kappa shape index (κ3) is 5.00. The van der Waals surface area contributed by atoms with E-state index in [1.54, 1.807) is 19.1 Å². The summed E-state index contributed by atoms with van der Waals surface area (Å²) < 4.78 is 48.7. The first-order valence-electron chi connectivity index (χ1n) is 9.21. The molecule has 0 spiro atoms. The van der Waals surface area contributed by atoms with Gasteiger partial charge in [-0.3, -0.25) is 9.69 Å². The number of benzene rings is 2. The van der Waals surface area contributed by atoms with Gasteiger partial charge in [0.2, 0.25) is 0 Å². The molecule has 8 heteroatoms. The molecule has 29 heavy (non-hydrogen) atoms. The Morgan fingerprint density at radius 2 is 1.62 bits per heavy atom. The van der Waals surface area contributed by atoms with E-state index in [4.69, 9.17) is 9.47 Å². The van der Waals surface area contributed by atoms with Gasteiger partial charge in [-0.25, -0.2) is 0 Å². The highest BCUT2D eigenvalue weighted by molar-refractivity contribution is 5.94. The molecule has 5 nitrogen and oxygen atoms in total. The number of ether oxygens (including phenoxy) is 2. The lowest BCUT2D eigenvalue weighted by atomic mass is 10.1. The van der Waals surface area contributed by atoms with E-state index in [-0.39, 0.29) is 11.5 Å². The summed E-state index contributed by atoms with van der Waals surface area (Å²) in [6, 6.07) is 9.98. The van der Waals surface area contributed by atoms with Crippen molar-refractivity contribution in [2.75, 3.05) is 40.4 Å². The zero-order valence-electron chi connectivity index (χ0n) is 16.3. The van der Waals surface area contributed by atoms with Crippen molar-refractivity contribution in [3.63, 3.8) is 0 Å². The number of amides is 1. The van der Waals surface area contributed by atoms with Crippen molar-refractivity contribution in [1.29, 1.82) is 0 Å². The maximum Gasteiger partial charge on any atom is 0.416 e. The highest BCUT2D eigenvalue weighted by Gasteiger charge is 2.30. The van der Waals surface area contributed by atoms with Crippen molar-refractivity contribution in [2.24, 2.45) is 0 Å². The van der Waals surface area contributed by atoms with Crippen LogP contribution in [0.15, 0.2) is 42.5 Å². The van der Waals surface area contributed by atoms with Crippen molar-refractivity contribution in [1.82, 2.24) is 9.80 Å². The first-order valence-corrected chi connectivity index (χ1v) is 9.21. The minimum absolute atomic E-state index is 0.252. The maximum atomic E-state index is 12.7. The molecule has 0 aliphatic carbocycles. The van der Waals surface area contributed by atoms with Gasteiger partial charge in [0.1, 0.15) is 11.5 Å². The molecule has 0 saturated carbocycles. The Balaban J connectivity index is 1.60. The molecular formula is C21H23F3N2O3. The quantitative estimate of drug-likeness (QED) is 0.757. The van der Waals surface area contributed by atoms with Crippen LogP contribution in [0, 0.1) is 0 Å². The van der Waals surface area contributed by atoms with Crippen LogP contribution in [0.25, 0.3) is 0 Å². The Kier molecular flexibility index (Phi) is 6.32. The number of methoxy groups -OCH3 is 2. The average Bonchev–Trinajstić information content (AvgIpc) is 2.73. The van der Waals surface area contributed by atoms with E-state index in [1.165, 1.54) is 12.1 Å². The molecule has 0 atom stereocenters. The number of piperazine rings is 1. The minimum atomic E-state index is -4.41. The second-order valence-electron chi connectivity index (χ2n) is 6.82. The van der Waals surface area contributed by atoms with Crippen molar-refractivity contribution >= 4 is 5.91 Å². The van der Waals surface area contributed by atoms with Gasteiger partial charge >= 0.3 is 6.18 Å². The van der Waals surface area contributed by atoms with Crippen molar-refractivity contribution in [3.8, 4) is 11.5 Å². The summed E-state index contributed by atoms with van der Waals surface area (Å²) in [6.45, 7) is 2.99. The Morgan fingerprint density at radius 3 is 2.17 bits per heavy atom. The summed E-state index contributed by atoms with van der Waals surface area (Å²) in [6.07, 6.45) is -4.41. The minimum Gasteiger partial charge on any atom is -0.497 e. The smallest absolute Gasteiger partial charge is 0.416 e. The zero-order valence-corrected chi connectivity index (χ0v) is 16.3. The van der Waals surface area contributed by atoms with Crippen molar-refractivity contribution < 1.29 is 27.4 Å². The topological polar surface area (TPSA) is 42.0 Å². The molecule has 2 aromatic rings. The van der Waals surface area contributed by atoms with E-state index in [1.807, 2.05) is 18.2 Å². The molecule has 1 heterocycles. The summed E-state index contributed by atoms with van der Waals surface area (Å²) >= 11 is 0. The fraction of sp³-hybridized carbons (Fsp3) is 0.381. The largest absolute Gasteiger partial charge is 0.497 e. The van der Waals surface area contributed by atoms with Crippen LogP contribution in [-0.2, 0) is 12.7 Å². The maximum absolute atomic E-state index is 12.7. The number of carbonyl (C=O) groups excluding carboxylic acids is 1. The Labute approximate surface area is 167 Å². The molecule has 0 bridgehead atoms. The van der Waals surface area contributed by atoms with Crippen LogP contribution in [0.1, 0.15) is 21.5 Å². The van der Waals surface area contributed by atoms with Crippen LogP contribution in [0.3, 0.4) is 0 Å². The lowest BCUT2D eigenvalue weighted by Gasteiger charge is -2.35. The molecule has 1 amide bonds. The van der Waals surface area contributed by atoms with Gasteiger partial charge < -0.3 is 14.4 Å². The van der Waals surface area contributed by atoms with Gasteiger partial charge in [-0.2, -0.15) is 13.2 Å². The molecule has 1 aliphatic heterocycles. The van der Waals surface area contributed by atoms with Crippen LogP contribution in [0.2, 0.25) is 0 Å². The van der Waals surface area contributed by atoms with Gasteiger partial charge in [0.25, 0.3) is 5.91 Å². The monoisotopic (exact) mass is 408 g/mol.